The molecule has 0 atom stereocenters. The third-order valence-corrected chi connectivity index (χ3v) is 1.46. The fourth-order valence-electron chi connectivity index (χ4n) is 0.744. The Kier molecular flexibility index (Phi) is 17.6. The SMILES string of the molecule is CCC[C-]=O.[Fe+3].c1cc[cH-]c1.c1cc[cH-]c1. The Labute approximate surface area is 109 Å². The van der Waals surface area contributed by atoms with Crippen LogP contribution < -0.4 is 0 Å². The Morgan fingerprint density at radius 3 is 1.38 bits per heavy atom. The van der Waals surface area contributed by atoms with E-state index in [0.29, 0.717) is 6.42 Å². The number of unbranched alkanes of at least 4 members (excludes halogenated alkanes) is 1. The van der Waals surface area contributed by atoms with Gasteiger partial charge in [0.1, 0.15) is 0 Å². The van der Waals surface area contributed by atoms with Crippen molar-refractivity contribution in [2.45, 2.75) is 19.8 Å². The van der Waals surface area contributed by atoms with Crippen LogP contribution in [0.2, 0.25) is 0 Å². The van der Waals surface area contributed by atoms with Gasteiger partial charge in [-0.15, -0.1) is 0 Å². The predicted octanol–water partition coefficient (Wildman–Crippen LogP) is 3.70. The first-order valence-corrected chi connectivity index (χ1v) is 5.10. The Bertz CT molecular complexity index is 211. The van der Waals surface area contributed by atoms with Crippen LogP contribution in [0.4, 0.5) is 0 Å². The Hall–Kier alpha value is -1.11. The molecular weight excluding hydrogens is 240 g/mol. The zero-order valence-electron chi connectivity index (χ0n) is 9.45. The van der Waals surface area contributed by atoms with Gasteiger partial charge in [-0.3, -0.25) is 6.29 Å². The summed E-state index contributed by atoms with van der Waals surface area (Å²) in [6.45, 7) is 1.95. The molecule has 0 aliphatic rings. The smallest absolute Gasteiger partial charge is 0.542 e. The average Bonchev–Trinajstić information content (AvgIpc) is 2.99. The number of hydrogen-bond donors (Lipinski definition) is 0. The third-order valence-electron chi connectivity index (χ3n) is 1.46. The van der Waals surface area contributed by atoms with Gasteiger partial charge in [0.15, 0.2) is 0 Å². The second-order valence-corrected chi connectivity index (χ2v) is 2.82. The van der Waals surface area contributed by atoms with E-state index < -0.39 is 0 Å². The van der Waals surface area contributed by atoms with Crippen LogP contribution in [0.25, 0.3) is 0 Å². The van der Waals surface area contributed by atoms with Gasteiger partial charge in [-0.2, -0.15) is 42.8 Å². The van der Waals surface area contributed by atoms with Crippen molar-refractivity contribution in [2.24, 2.45) is 0 Å². The molecule has 0 saturated carbocycles. The fraction of sp³-hybridized carbons (Fsp3) is 0.214. The normalized spacial score (nSPS) is 7.31. The van der Waals surface area contributed by atoms with Crippen LogP contribution in [0.1, 0.15) is 19.8 Å². The van der Waals surface area contributed by atoms with Crippen molar-refractivity contribution in [1.82, 2.24) is 0 Å². The van der Waals surface area contributed by atoms with E-state index in [1.54, 1.807) is 6.29 Å². The van der Waals surface area contributed by atoms with Crippen molar-refractivity contribution in [3.8, 4) is 0 Å². The minimum Gasteiger partial charge on any atom is -0.542 e. The number of hydrogen-bond acceptors (Lipinski definition) is 1. The van der Waals surface area contributed by atoms with E-state index in [0.717, 1.165) is 6.42 Å². The topological polar surface area (TPSA) is 17.1 Å². The zero-order valence-corrected chi connectivity index (χ0v) is 10.6. The molecule has 2 aromatic rings. The van der Waals surface area contributed by atoms with E-state index in [-0.39, 0.29) is 17.1 Å². The van der Waals surface area contributed by atoms with E-state index in [9.17, 15) is 4.79 Å². The molecule has 0 aromatic heterocycles. The maximum atomic E-state index is 9.28. The standard InChI is InChI=1S/2C5H5.C4H7O.Fe/c2*1-2-4-5-3-1;1-2-3-4-5;/h2*1-5H;2-3H2,1H3;/q3*-1;+3. The van der Waals surface area contributed by atoms with E-state index in [1.807, 2.05) is 67.6 Å². The Morgan fingerprint density at radius 2 is 1.31 bits per heavy atom. The van der Waals surface area contributed by atoms with Crippen LogP contribution >= 0.6 is 0 Å². The van der Waals surface area contributed by atoms with Crippen molar-refractivity contribution < 1.29 is 21.9 Å². The van der Waals surface area contributed by atoms with Crippen molar-refractivity contribution in [3.63, 3.8) is 0 Å². The second kappa shape index (κ2) is 16.3. The van der Waals surface area contributed by atoms with Gasteiger partial charge in [0.25, 0.3) is 0 Å². The van der Waals surface area contributed by atoms with Crippen molar-refractivity contribution in [1.29, 1.82) is 0 Å². The van der Waals surface area contributed by atoms with Crippen LogP contribution in [0, 0.1) is 0 Å². The molecule has 1 nitrogen and oxygen atoms in total. The van der Waals surface area contributed by atoms with Crippen LogP contribution in [-0.4, -0.2) is 6.29 Å². The molecule has 0 aliphatic heterocycles. The van der Waals surface area contributed by atoms with Gasteiger partial charge < -0.3 is 4.79 Å². The summed E-state index contributed by atoms with van der Waals surface area (Å²) in [4.78, 5) is 9.28. The van der Waals surface area contributed by atoms with Gasteiger partial charge in [-0.1, -0.05) is 13.3 Å². The summed E-state index contributed by atoms with van der Waals surface area (Å²) in [5.41, 5.74) is 0. The predicted molar refractivity (Wildman–Crippen MR) is 64.7 cm³/mol. The average molecular weight is 257 g/mol. The Morgan fingerprint density at radius 1 is 0.938 bits per heavy atom. The maximum Gasteiger partial charge on any atom is 3.00 e. The zero-order chi connectivity index (χ0) is 11.2. The van der Waals surface area contributed by atoms with Crippen molar-refractivity contribution in [3.05, 3.63) is 60.7 Å². The van der Waals surface area contributed by atoms with E-state index in [4.69, 9.17) is 0 Å². The minimum atomic E-state index is 0. The summed E-state index contributed by atoms with van der Waals surface area (Å²) in [5.74, 6) is 0. The first-order valence-electron chi connectivity index (χ1n) is 5.10. The summed E-state index contributed by atoms with van der Waals surface area (Å²) >= 11 is 0. The quantitative estimate of drug-likeness (QED) is 0.592. The molecule has 0 amide bonds. The molecule has 87 valence electrons. The largest absolute Gasteiger partial charge is 3.00 e. The van der Waals surface area contributed by atoms with Crippen molar-refractivity contribution in [2.75, 3.05) is 0 Å². The molecule has 2 heteroatoms. The summed E-state index contributed by atoms with van der Waals surface area (Å²) in [6, 6.07) is 20.0. The first kappa shape index (κ1) is 17.3. The van der Waals surface area contributed by atoms with Gasteiger partial charge in [0.05, 0.1) is 0 Å². The van der Waals surface area contributed by atoms with Crippen LogP contribution in [-0.2, 0) is 21.9 Å². The number of rotatable bonds is 2. The molecule has 1 radical (unpaired) electrons. The first-order chi connectivity index (χ1) is 7.41. The van der Waals surface area contributed by atoms with E-state index in [2.05, 4.69) is 0 Å². The summed E-state index contributed by atoms with van der Waals surface area (Å²) in [6.07, 6.45) is 3.27. The molecule has 0 N–H and O–H groups in total. The molecule has 0 saturated heterocycles. The summed E-state index contributed by atoms with van der Waals surface area (Å²) < 4.78 is 0. The van der Waals surface area contributed by atoms with Gasteiger partial charge in [0, 0.05) is 0 Å². The number of carbonyl (C=O) groups excluding carboxylic acids is 1. The molecule has 0 aliphatic carbocycles. The molecule has 0 heterocycles. The van der Waals surface area contributed by atoms with Crippen LogP contribution in [0.3, 0.4) is 0 Å². The van der Waals surface area contributed by atoms with Crippen LogP contribution in [0.15, 0.2) is 60.7 Å². The van der Waals surface area contributed by atoms with E-state index >= 15 is 0 Å². The monoisotopic (exact) mass is 257 g/mol. The maximum absolute atomic E-state index is 9.28. The molecule has 0 fully saturated rings. The minimum absolute atomic E-state index is 0. The van der Waals surface area contributed by atoms with Crippen LogP contribution in [0.5, 0.6) is 0 Å². The molecular formula is C14H17FeO. The van der Waals surface area contributed by atoms with Gasteiger partial charge >= 0.3 is 17.1 Å². The molecule has 2 aromatic carbocycles. The fourth-order valence-corrected chi connectivity index (χ4v) is 0.744. The molecule has 2 rings (SSSR count). The molecule has 0 bridgehead atoms. The molecule has 16 heavy (non-hydrogen) atoms. The molecule has 0 unspecified atom stereocenters. The van der Waals surface area contributed by atoms with E-state index in [1.165, 1.54) is 0 Å². The Balaban J connectivity index is 0. The van der Waals surface area contributed by atoms with Gasteiger partial charge in [0.2, 0.25) is 0 Å². The molecule has 0 spiro atoms. The third kappa shape index (κ3) is 15.4. The van der Waals surface area contributed by atoms with Crippen molar-refractivity contribution >= 4 is 6.29 Å². The van der Waals surface area contributed by atoms with Gasteiger partial charge in [-0.25, -0.2) is 24.3 Å². The summed E-state index contributed by atoms with van der Waals surface area (Å²) in [7, 11) is 0. The summed E-state index contributed by atoms with van der Waals surface area (Å²) in [5, 5.41) is 0. The van der Waals surface area contributed by atoms with Gasteiger partial charge in [-0.05, 0) is 0 Å². The second-order valence-electron chi connectivity index (χ2n) is 2.82.